The van der Waals surface area contributed by atoms with Crippen molar-refractivity contribution in [2.75, 3.05) is 7.11 Å². The van der Waals surface area contributed by atoms with Crippen LogP contribution in [0.1, 0.15) is 38.8 Å². The Morgan fingerprint density at radius 1 is 0.857 bits per heavy atom. The van der Waals surface area contributed by atoms with Crippen molar-refractivity contribution < 1.29 is 45.4 Å². The number of carbonyl (C=O) groups excluding carboxylic acids is 2. The SMILES string of the molecule is COc1cccc(OC(=O)c2cc(C(F)(F)F)cc(C(F)(F)F)c2)c1C(C)=O. The van der Waals surface area contributed by atoms with Crippen LogP contribution in [0.2, 0.25) is 0 Å². The molecule has 0 amide bonds. The Kier molecular flexibility index (Phi) is 5.72. The van der Waals surface area contributed by atoms with Crippen LogP contribution < -0.4 is 9.47 Å². The number of rotatable bonds is 4. The highest BCUT2D eigenvalue weighted by molar-refractivity contribution is 6.01. The van der Waals surface area contributed by atoms with Crippen molar-refractivity contribution in [3.63, 3.8) is 0 Å². The van der Waals surface area contributed by atoms with Gasteiger partial charge in [0.05, 0.1) is 23.8 Å². The molecule has 0 N–H and O–H groups in total. The fourth-order valence-corrected chi connectivity index (χ4v) is 2.34. The molecule has 0 bridgehead atoms. The number of ether oxygens (including phenoxy) is 2. The molecule has 150 valence electrons. The van der Waals surface area contributed by atoms with Crippen molar-refractivity contribution in [1.82, 2.24) is 0 Å². The molecule has 28 heavy (non-hydrogen) atoms. The molecule has 0 radical (unpaired) electrons. The number of esters is 1. The first-order valence-electron chi connectivity index (χ1n) is 7.54. The second-order valence-electron chi connectivity index (χ2n) is 5.57. The van der Waals surface area contributed by atoms with Crippen LogP contribution >= 0.6 is 0 Å². The molecule has 0 aliphatic heterocycles. The number of Topliss-reactive ketones (excluding diaryl/α,β-unsaturated/α-hetero) is 1. The normalized spacial score (nSPS) is 11.9. The number of alkyl halides is 6. The van der Waals surface area contributed by atoms with Gasteiger partial charge in [0.15, 0.2) is 5.78 Å². The highest BCUT2D eigenvalue weighted by atomic mass is 19.4. The molecule has 10 heteroatoms. The molecule has 0 saturated heterocycles. The zero-order valence-corrected chi connectivity index (χ0v) is 14.4. The molecule has 0 unspecified atom stereocenters. The van der Waals surface area contributed by atoms with Gasteiger partial charge in [0.1, 0.15) is 17.1 Å². The Morgan fingerprint density at radius 2 is 1.36 bits per heavy atom. The summed E-state index contributed by atoms with van der Waals surface area (Å²) in [6.07, 6.45) is -10.2. The minimum absolute atomic E-state index is 0.0258. The van der Waals surface area contributed by atoms with Crippen molar-refractivity contribution in [1.29, 1.82) is 0 Å². The Bertz CT molecular complexity index is 883. The van der Waals surface area contributed by atoms with Gasteiger partial charge in [-0.15, -0.1) is 0 Å². The van der Waals surface area contributed by atoms with E-state index in [1.54, 1.807) is 0 Å². The Morgan fingerprint density at radius 3 is 1.79 bits per heavy atom. The number of benzene rings is 2. The summed E-state index contributed by atoms with van der Waals surface area (Å²) >= 11 is 0. The molecular weight excluding hydrogens is 394 g/mol. The summed E-state index contributed by atoms with van der Waals surface area (Å²) in [4.78, 5) is 24.0. The second kappa shape index (κ2) is 7.53. The summed E-state index contributed by atoms with van der Waals surface area (Å²) in [5, 5.41) is 0. The van der Waals surface area contributed by atoms with Gasteiger partial charge >= 0.3 is 18.3 Å². The third-order valence-corrected chi connectivity index (χ3v) is 3.59. The van der Waals surface area contributed by atoms with Crippen LogP contribution in [0.15, 0.2) is 36.4 Å². The van der Waals surface area contributed by atoms with E-state index in [2.05, 4.69) is 0 Å². The third kappa shape index (κ3) is 4.62. The lowest BCUT2D eigenvalue weighted by Gasteiger charge is -2.15. The maximum Gasteiger partial charge on any atom is 0.416 e. The van der Waals surface area contributed by atoms with E-state index in [9.17, 15) is 35.9 Å². The highest BCUT2D eigenvalue weighted by Crippen LogP contribution is 2.37. The van der Waals surface area contributed by atoms with E-state index in [4.69, 9.17) is 9.47 Å². The van der Waals surface area contributed by atoms with Gasteiger partial charge in [0.25, 0.3) is 0 Å². The van der Waals surface area contributed by atoms with Crippen LogP contribution in [0.25, 0.3) is 0 Å². The van der Waals surface area contributed by atoms with Gasteiger partial charge in [-0.05, 0) is 37.3 Å². The van der Waals surface area contributed by atoms with Crippen molar-refractivity contribution in [2.45, 2.75) is 19.3 Å². The second-order valence-corrected chi connectivity index (χ2v) is 5.57. The van der Waals surface area contributed by atoms with E-state index in [1.165, 1.54) is 19.2 Å². The molecule has 4 nitrogen and oxygen atoms in total. The third-order valence-electron chi connectivity index (χ3n) is 3.59. The summed E-state index contributed by atoms with van der Waals surface area (Å²) < 4.78 is 87.3. The quantitative estimate of drug-likeness (QED) is 0.305. The van der Waals surface area contributed by atoms with Crippen LogP contribution in [0.3, 0.4) is 0 Å². The molecule has 0 aromatic heterocycles. The van der Waals surface area contributed by atoms with Crippen LogP contribution in [0.4, 0.5) is 26.3 Å². The lowest BCUT2D eigenvalue weighted by Crippen LogP contribution is -2.16. The van der Waals surface area contributed by atoms with Crippen LogP contribution in [0.5, 0.6) is 11.5 Å². The zero-order chi connectivity index (χ0) is 21.3. The highest BCUT2D eigenvalue weighted by Gasteiger charge is 2.37. The summed E-state index contributed by atoms with van der Waals surface area (Å²) in [6, 6.07) is 4.25. The largest absolute Gasteiger partial charge is 0.496 e. The van der Waals surface area contributed by atoms with Crippen LogP contribution in [-0.2, 0) is 12.4 Å². The molecule has 0 aliphatic rings. The Hall–Kier alpha value is -3.04. The zero-order valence-electron chi connectivity index (χ0n) is 14.4. The number of hydrogen-bond acceptors (Lipinski definition) is 4. The number of ketones is 1. The molecule has 0 saturated carbocycles. The fourth-order valence-electron chi connectivity index (χ4n) is 2.34. The summed E-state index contributed by atoms with van der Waals surface area (Å²) in [7, 11) is 1.23. The number of halogens is 6. The van der Waals surface area contributed by atoms with Gasteiger partial charge in [-0.1, -0.05) is 6.07 Å². The van der Waals surface area contributed by atoms with Gasteiger partial charge in [-0.2, -0.15) is 26.3 Å². The first kappa shape index (κ1) is 21.3. The van der Waals surface area contributed by atoms with E-state index >= 15 is 0 Å². The molecule has 0 atom stereocenters. The van der Waals surface area contributed by atoms with Crippen molar-refractivity contribution in [3.8, 4) is 11.5 Å². The summed E-state index contributed by atoms with van der Waals surface area (Å²) in [6.45, 7) is 1.13. The van der Waals surface area contributed by atoms with Gasteiger partial charge in [0, 0.05) is 0 Å². The lowest BCUT2D eigenvalue weighted by atomic mass is 10.0. The molecule has 2 rings (SSSR count). The molecule has 2 aromatic carbocycles. The standard InChI is InChI=1S/C18H12F6O4/c1-9(25)15-13(27-2)4-3-5-14(15)28-16(26)10-6-11(17(19,20)21)8-12(7-10)18(22,23)24/h3-8H,1-2H3. The molecule has 0 heterocycles. The van der Waals surface area contributed by atoms with Crippen LogP contribution in [0, 0.1) is 0 Å². The predicted octanol–water partition coefficient (Wildman–Crippen LogP) is 5.15. The van der Waals surface area contributed by atoms with Gasteiger partial charge in [-0.3, -0.25) is 4.79 Å². The number of methoxy groups -OCH3 is 1. The average Bonchev–Trinajstić information content (AvgIpc) is 2.59. The predicted molar refractivity (Wildman–Crippen MR) is 84.4 cm³/mol. The lowest BCUT2D eigenvalue weighted by molar-refractivity contribution is -0.143. The maximum absolute atomic E-state index is 12.9. The fraction of sp³-hybridized carbons (Fsp3) is 0.222. The van der Waals surface area contributed by atoms with Crippen LogP contribution in [-0.4, -0.2) is 18.9 Å². The molecule has 0 spiro atoms. The average molecular weight is 406 g/mol. The topological polar surface area (TPSA) is 52.6 Å². The Balaban J connectivity index is 2.52. The van der Waals surface area contributed by atoms with E-state index < -0.39 is 40.8 Å². The maximum atomic E-state index is 12.9. The van der Waals surface area contributed by atoms with E-state index in [0.717, 1.165) is 13.0 Å². The molecule has 2 aromatic rings. The smallest absolute Gasteiger partial charge is 0.416 e. The van der Waals surface area contributed by atoms with Gasteiger partial charge in [-0.25, -0.2) is 4.79 Å². The van der Waals surface area contributed by atoms with Crippen molar-refractivity contribution >= 4 is 11.8 Å². The van der Waals surface area contributed by atoms with E-state index in [1.807, 2.05) is 0 Å². The summed E-state index contributed by atoms with van der Waals surface area (Å²) in [5.74, 6) is -2.41. The minimum Gasteiger partial charge on any atom is -0.496 e. The van der Waals surface area contributed by atoms with E-state index in [0.29, 0.717) is 0 Å². The van der Waals surface area contributed by atoms with Gasteiger partial charge in [0.2, 0.25) is 0 Å². The van der Waals surface area contributed by atoms with E-state index in [-0.39, 0.29) is 35.3 Å². The van der Waals surface area contributed by atoms with Crippen molar-refractivity contribution in [3.05, 3.63) is 58.7 Å². The Labute approximate surface area is 154 Å². The number of carbonyl (C=O) groups is 2. The monoisotopic (exact) mass is 406 g/mol. The molecule has 0 aliphatic carbocycles. The number of hydrogen-bond donors (Lipinski definition) is 0. The minimum atomic E-state index is -5.11. The first-order chi connectivity index (χ1) is 12.8. The molecular formula is C18H12F6O4. The molecule has 0 fully saturated rings. The summed E-state index contributed by atoms with van der Waals surface area (Å²) in [5.41, 5.74) is -4.47. The first-order valence-corrected chi connectivity index (χ1v) is 7.54. The van der Waals surface area contributed by atoms with Crippen molar-refractivity contribution in [2.24, 2.45) is 0 Å². The van der Waals surface area contributed by atoms with Gasteiger partial charge < -0.3 is 9.47 Å².